The number of aryl methyl sites for hydroxylation is 2. The summed E-state index contributed by atoms with van der Waals surface area (Å²) in [6, 6.07) is 4.11. The van der Waals surface area contributed by atoms with Gasteiger partial charge < -0.3 is 105 Å². The van der Waals surface area contributed by atoms with E-state index in [1.54, 1.807) is 86.7 Å². The zero-order valence-corrected chi connectivity index (χ0v) is 72.6. The van der Waals surface area contributed by atoms with Crippen LogP contribution in [-0.4, -0.2) is 280 Å². The molecule has 15 atom stereocenters. The fraction of sp³-hybridized carbons (Fsp3) is 0.659. The molecule has 0 unspecified atom stereocenters. The summed E-state index contributed by atoms with van der Waals surface area (Å²) in [6.45, 7) is 16.9. The second kappa shape index (κ2) is 50.4. The first-order chi connectivity index (χ1) is 59.2. The number of hydrogen-bond donors (Lipinski definition) is 9. The van der Waals surface area contributed by atoms with Gasteiger partial charge in [-0.1, -0.05) is 74.9 Å². The Labute approximate surface area is 719 Å². The highest BCUT2D eigenvalue weighted by atomic mass is 16.6. The lowest BCUT2D eigenvalue weighted by Crippen LogP contribution is -2.61. The number of fused-ring (bicyclic) bond motifs is 5. The molecule has 1 saturated carbocycles. The molecule has 4 aromatic heterocycles. The number of cyclic esters (lactones) is 1. The van der Waals surface area contributed by atoms with Crippen LogP contribution in [-0.2, 0) is 100 Å². The van der Waals surface area contributed by atoms with E-state index in [4.69, 9.17) is 68.7 Å². The number of phenolic OH excluding ortho intramolecular Hbond substituents is 1. The van der Waals surface area contributed by atoms with E-state index in [9.17, 15) is 54.0 Å². The maximum absolute atomic E-state index is 14.7. The minimum atomic E-state index is -2.59. The van der Waals surface area contributed by atoms with E-state index in [0.717, 1.165) is 52.9 Å². The van der Waals surface area contributed by atoms with Crippen molar-refractivity contribution in [3.05, 3.63) is 90.1 Å². The van der Waals surface area contributed by atoms with E-state index >= 15 is 0 Å². The third kappa shape index (κ3) is 29.9. The number of nitrogens with one attached hydrogen (secondary N) is 3. The highest BCUT2D eigenvalue weighted by Crippen LogP contribution is 2.39. The molecule has 3 fully saturated rings. The average Bonchev–Trinajstić information content (AvgIpc) is 1.61. The molecular formula is C88H131N13O22. The topological polar surface area (TPSA) is 471 Å². The molecular weight excluding hydrogens is 1590 g/mol. The number of aromatic amines is 1. The summed E-state index contributed by atoms with van der Waals surface area (Å²) in [5.74, 6) is -9.02. The number of ketones is 3. The zero-order valence-electron chi connectivity index (χ0n) is 72.6. The number of H-pyrrole nitrogens is 1. The Kier molecular flexibility index (Phi) is 40.1. The number of alkyl carbamates (subject to hydrolysis) is 1. The molecule has 2 saturated heterocycles. The first kappa shape index (κ1) is 98.0. The van der Waals surface area contributed by atoms with Gasteiger partial charge in [-0.05, 0) is 158 Å². The Bertz CT molecular complexity index is 4320. The molecule has 2 bridgehead atoms. The van der Waals surface area contributed by atoms with Crippen molar-refractivity contribution in [1.29, 1.82) is 0 Å². The number of hydrogen-bond acceptors (Lipinski definition) is 29. The van der Waals surface area contributed by atoms with Crippen LogP contribution in [0.2, 0.25) is 0 Å². The number of aliphatic hydroxyl groups is 3. The number of nitrogens with zero attached hydrogens (tertiary/aromatic N) is 8. The number of aromatic nitrogens is 8. The standard InChI is InChI=1S/C88H131N13O22/c1-56-18-10-9-11-19-57(2)69(95-87(111)114-8)52-66-25-22-61(6)88(112,123-66)82(108)85(109)100-30-15-12-21-71(100)86(110)122-74(53-72(103)58(3)47-60(5)80(106)81(107)79(105)59(4)46-56)67(89)48-62-23-27-73(75(49-62)113-7)121-33-17-13-20-64-54-99(98-96-64)32-35-116-37-39-118-41-43-120-45-44-119-42-40-117-38-36-115-34-28-76(104)91-29-14-16-31-101-84-77(83(90)92-55-93-84)78(97-101)70-51-63-50-65(102)24-26-68(63)94-70/h9-11,18-19,24,26,47,50-51,54-56,58-59,61-62,66-67,69,71,73-75,80-81,94,102,106-107,112H,12-17,20-23,25,27-46,48-49,52-53,89H2,1-8H3,(H,91,104)(H,95,111)(H2,90,92,93)/b11-9?,18-10+,57-19?,60-47+/t56-,58-,59-,61-,62+,66+,67-,69+,71+,73-,74+,75-,80-,81+,88-/m1/s1. The molecule has 9 rings (SSSR count). The number of nitrogen functional groups attached to an aromatic ring is 1. The van der Waals surface area contributed by atoms with Crippen molar-refractivity contribution in [2.24, 2.45) is 35.3 Å². The molecule has 35 heteroatoms. The quantitative estimate of drug-likeness (QED) is 0.00814. The Hall–Kier alpha value is -8.82. The second-order valence-electron chi connectivity index (χ2n) is 32.8. The van der Waals surface area contributed by atoms with Crippen LogP contribution in [0.1, 0.15) is 156 Å². The van der Waals surface area contributed by atoms with Crippen LogP contribution in [0.5, 0.6) is 5.75 Å². The first-order valence-corrected chi connectivity index (χ1v) is 43.5. The number of nitrogens with two attached hydrogens (primary N) is 2. The lowest BCUT2D eigenvalue weighted by atomic mass is 9.80. The zero-order chi connectivity index (χ0) is 88.4. The number of phenols is 1. The van der Waals surface area contributed by atoms with E-state index in [1.807, 2.05) is 25.3 Å². The predicted octanol–water partition coefficient (Wildman–Crippen LogP) is 7.23. The number of carbonyl (C=O) groups is 7. The average molecular weight is 1720 g/mol. The number of aliphatic hydroxyl groups excluding tert-OH is 2. The predicted molar refractivity (Wildman–Crippen MR) is 455 cm³/mol. The van der Waals surface area contributed by atoms with Gasteiger partial charge in [0.2, 0.25) is 11.7 Å². The maximum Gasteiger partial charge on any atom is 0.407 e. The van der Waals surface area contributed by atoms with Gasteiger partial charge in [-0.15, -0.1) is 5.10 Å². The van der Waals surface area contributed by atoms with Gasteiger partial charge in [-0.2, -0.15) is 5.10 Å². The molecule has 7 heterocycles. The van der Waals surface area contributed by atoms with E-state index < -0.39 is 101 Å². The molecule has 1 aliphatic carbocycles. The fourth-order valence-corrected chi connectivity index (χ4v) is 16.0. The Morgan fingerprint density at radius 2 is 1.48 bits per heavy atom. The number of anilines is 1. The van der Waals surface area contributed by atoms with Crippen LogP contribution in [0.25, 0.3) is 33.3 Å². The Morgan fingerprint density at radius 1 is 0.764 bits per heavy atom. The number of ether oxygens (including phenoxy) is 11. The number of carbonyl (C=O) groups excluding carboxylic acids is 7. The van der Waals surface area contributed by atoms with E-state index in [1.165, 1.54) is 26.4 Å². The van der Waals surface area contributed by atoms with E-state index in [0.29, 0.717) is 185 Å². The van der Waals surface area contributed by atoms with Crippen LogP contribution in [0.4, 0.5) is 10.6 Å². The number of allylic oxidation sites excluding steroid dienone is 6. The summed E-state index contributed by atoms with van der Waals surface area (Å²) in [4.78, 5) is 110. The molecule has 3 aliphatic heterocycles. The van der Waals surface area contributed by atoms with Crippen molar-refractivity contribution in [3.63, 3.8) is 0 Å². The number of piperidine rings is 1. The van der Waals surface area contributed by atoms with E-state index in [-0.39, 0.29) is 86.5 Å². The van der Waals surface area contributed by atoms with Gasteiger partial charge >= 0.3 is 12.1 Å². The molecule has 1 aromatic carbocycles. The minimum absolute atomic E-state index is 0.0165. The summed E-state index contributed by atoms with van der Waals surface area (Å²) in [6.07, 6.45) is 15.1. The normalized spacial score (nSPS) is 26.2. The number of Topliss-reactive ketones (excluding diaryl/α,β-unsaturated/α-hetero) is 3. The molecule has 35 nitrogen and oxygen atoms in total. The van der Waals surface area contributed by atoms with Gasteiger partial charge in [-0.25, -0.2) is 28.9 Å². The van der Waals surface area contributed by atoms with E-state index in [2.05, 4.69) is 35.9 Å². The number of esters is 1. The maximum atomic E-state index is 14.7. The van der Waals surface area contributed by atoms with Crippen molar-refractivity contribution in [2.75, 3.05) is 119 Å². The summed E-state index contributed by atoms with van der Waals surface area (Å²) in [5.41, 5.74) is 17.9. The SMILES string of the molecule is COC(=O)N[C@H]1C[C@@H]2CC[C@@H](C)[C@@](O)(O2)C(=O)C(=O)N2CCCC[C@H]2C(=O)O[C@H]([C@H](N)C[C@@H]2CC[C@@H](OCCCCc3cn(CCOCCOCCOCCOCCOCCOCCC(=O)NCCCCn4nc(-c5cc6cc(O)ccc6[nH]5)c5c(N)ncnc54)nn3)[C@H](OC)C2)CC(=O)[C@H](C)/C=C(\C)[C@@H](O)[C@@H](O)C(=O)[C@H](C)C[C@H](C)/C=C/C=CC=C1C. The van der Waals surface area contributed by atoms with Crippen molar-refractivity contribution in [2.45, 2.75) is 231 Å². The van der Waals surface area contributed by atoms with Gasteiger partial charge in [0.25, 0.3) is 11.7 Å². The lowest BCUT2D eigenvalue weighted by Gasteiger charge is -2.43. The number of unbranched alkanes of at least 4 members (excludes halogenated alkanes) is 2. The summed E-state index contributed by atoms with van der Waals surface area (Å²) in [7, 11) is 2.86. The lowest BCUT2D eigenvalue weighted by molar-refractivity contribution is -0.264. The molecule has 0 radical (unpaired) electrons. The van der Waals surface area contributed by atoms with Gasteiger partial charge in [0.05, 0.1) is 134 Å². The van der Waals surface area contributed by atoms with Crippen molar-refractivity contribution in [3.8, 4) is 17.1 Å². The fourth-order valence-electron chi connectivity index (χ4n) is 16.0. The Morgan fingerprint density at radius 3 is 2.20 bits per heavy atom. The summed E-state index contributed by atoms with van der Waals surface area (Å²) < 4.78 is 67.2. The number of rotatable bonds is 38. The number of benzene rings is 1. The van der Waals surface area contributed by atoms with Crippen LogP contribution >= 0.6 is 0 Å². The van der Waals surface area contributed by atoms with Crippen LogP contribution in [0.3, 0.4) is 0 Å². The monoisotopic (exact) mass is 1720 g/mol. The summed E-state index contributed by atoms with van der Waals surface area (Å²) in [5, 5.41) is 65.4. The molecule has 680 valence electrons. The highest BCUT2D eigenvalue weighted by molar-refractivity contribution is 6.39. The highest BCUT2D eigenvalue weighted by Gasteiger charge is 2.53. The van der Waals surface area contributed by atoms with Gasteiger partial charge in [-0.3, -0.25) is 24.0 Å². The third-order valence-corrected chi connectivity index (χ3v) is 23.3. The Balaban J connectivity index is 0.625. The van der Waals surface area contributed by atoms with Gasteiger partial charge in [0, 0.05) is 87.1 Å². The van der Waals surface area contributed by atoms with Crippen molar-refractivity contribution in [1.82, 2.24) is 55.3 Å². The number of amides is 3. The molecule has 4 aliphatic rings. The molecule has 123 heavy (non-hydrogen) atoms. The summed E-state index contributed by atoms with van der Waals surface area (Å²) >= 11 is 0. The van der Waals surface area contributed by atoms with Gasteiger partial charge in [0.15, 0.2) is 11.4 Å². The van der Waals surface area contributed by atoms with Crippen LogP contribution in [0.15, 0.2) is 84.4 Å². The largest absolute Gasteiger partial charge is 0.508 e. The van der Waals surface area contributed by atoms with Gasteiger partial charge in [0.1, 0.15) is 53.7 Å². The van der Waals surface area contributed by atoms with Crippen molar-refractivity contribution >= 4 is 69.0 Å². The molecule has 3 amide bonds. The van der Waals surface area contributed by atoms with Crippen molar-refractivity contribution < 1.29 is 106 Å². The second-order valence-corrected chi connectivity index (χ2v) is 32.8. The molecule has 11 N–H and O–H groups in total. The molecule has 0 spiro atoms. The molecule has 5 aromatic rings. The minimum Gasteiger partial charge on any atom is -0.508 e. The first-order valence-electron chi connectivity index (χ1n) is 43.5. The van der Waals surface area contributed by atoms with Crippen LogP contribution < -0.4 is 22.1 Å². The van der Waals surface area contributed by atoms with Crippen LogP contribution in [0, 0.1) is 29.6 Å². The smallest absolute Gasteiger partial charge is 0.407 e. The third-order valence-electron chi connectivity index (χ3n) is 23.3. The number of methoxy groups -OCH3 is 2. The number of aromatic hydroxyl groups is 1.